The van der Waals surface area contributed by atoms with E-state index in [4.69, 9.17) is 4.42 Å². The minimum absolute atomic E-state index is 0.00622. The van der Waals surface area contributed by atoms with Gasteiger partial charge in [0.1, 0.15) is 11.6 Å². The van der Waals surface area contributed by atoms with Gasteiger partial charge in [-0.25, -0.2) is 0 Å². The molecule has 40 heavy (non-hydrogen) atoms. The summed E-state index contributed by atoms with van der Waals surface area (Å²) in [7, 11) is 3.40. The monoisotopic (exact) mass is 540 g/mol. The highest BCUT2D eigenvalue weighted by atomic mass is 16.3. The molecule has 3 aromatic rings. The van der Waals surface area contributed by atoms with Crippen molar-refractivity contribution in [3.63, 3.8) is 0 Å². The summed E-state index contributed by atoms with van der Waals surface area (Å²) in [6.45, 7) is 3.60. The molecule has 3 aliphatic heterocycles. The molecule has 4 heterocycles. The fraction of sp³-hybridized carbons (Fsp3) is 0.406. The lowest BCUT2D eigenvalue weighted by molar-refractivity contribution is -0.141. The molecule has 3 aliphatic rings. The predicted molar refractivity (Wildman–Crippen MR) is 154 cm³/mol. The molecule has 208 valence electrons. The summed E-state index contributed by atoms with van der Waals surface area (Å²) in [4.78, 5) is 43.6. The molecular formula is C32H36N4O4. The van der Waals surface area contributed by atoms with E-state index in [0.29, 0.717) is 43.3 Å². The Kier molecular flexibility index (Phi) is 7.19. The van der Waals surface area contributed by atoms with Crippen LogP contribution < -0.4 is 5.32 Å². The minimum atomic E-state index is -0.497. The molecule has 8 nitrogen and oxygen atoms in total. The molecule has 8 heteroatoms. The van der Waals surface area contributed by atoms with Crippen LogP contribution in [0.15, 0.2) is 53.0 Å². The first-order valence-electron chi connectivity index (χ1n) is 14.2. The molecule has 2 aromatic carbocycles. The van der Waals surface area contributed by atoms with Crippen molar-refractivity contribution >= 4 is 34.8 Å². The number of nitrogens with one attached hydrogen (secondary N) is 1. The van der Waals surface area contributed by atoms with Gasteiger partial charge in [0.2, 0.25) is 12.3 Å². The number of hydrogen-bond donors (Lipinski definition) is 1. The Bertz CT molecular complexity index is 1480. The van der Waals surface area contributed by atoms with Crippen molar-refractivity contribution in [3.05, 3.63) is 76.6 Å². The van der Waals surface area contributed by atoms with Crippen LogP contribution in [0.2, 0.25) is 0 Å². The fourth-order valence-corrected chi connectivity index (χ4v) is 6.45. The maximum Gasteiger partial charge on any atom is 0.289 e. The first-order valence-corrected chi connectivity index (χ1v) is 14.2. The molecule has 1 saturated heterocycles. The van der Waals surface area contributed by atoms with E-state index in [1.807, 2.05) is 23.1 Å². The van der Waals surface area contributed by atoms with E-state index in [0.717, 1.165) is 60.8 Å². The zero-order chi connectivity index (χ0) is 27.8. The maximum atomic E-state index is 14.0. The normalized spacial score (nSPS) is 19.8. The number of piperidine rings is 1. The van der Waals surface area contributed by atoms with Crippen LogP contribution in [0.1, 0.15) is 58.0 Å². The fourth-order valence-electron chi connectivity index (χ4n) is 6.45. The molecule has 0 aliphatic carbocycles. The summed E-state index contributed by atoms with van der Waals surface area (Å²) in [6, 6.07) is 13.6. The molecule has 0 unspecified atom stereocenters. The summed E-state index contributed by atoms with van der Waals surface area (Å²) in [6.07, 6.45) is 6.52. The van der Waals surface area contributed by atoms with E-state index in [1.54, 1.807) is 25.1 Å². The number of nitrogens with zero attached hydrogens (tertiary/aromatic N) is 3. The summed E-state index contributed by atoms with van der Waals surface area (Å²) in [5.74, 6) is 0.628. The lowest BCUT2D eigenvalue weighted by Gasteiger charge is -2.39. The van der Waals surface area contributed by atoms with Crippen LogP contribution in [-0.2, 0) is 22.6 Å². The van der Waals surface area contributed by atoms with Crippen LogP contribution in [0.5, 0.6) is 0 Å². The standard InChI is InChI=1S/C32H36N4O4/c1-34(2)32(39)30-16-25-15-22(8-9-29(25)40-30)23-6-4-14-35(18-23)31(38)28-17-27-24(19-36(28)20-37)5-3-7-26(27)21-10-12-33-13-11-21/h3,5-9,15-16,20-21,28,33H,4,10-14,17-19H2,1-2H3/t28-/m1/s1. The van der Waals surface area contributed by atoms with Gasteiger partial charge in [-0.15, -0.1) is 0 Å². The molecule has 3 amide bonds. The Morgan fingerprint density at radius 3 is 2.67 bits per heavy atom. The number of carbonyl (C=O) groups excluding carboxylic acids is 3. The zero-order valence-electron chi connectivity index (χ0n) is 23.2. The van der Waals surface area contributed by atoms with Gasteiger partial charge < -0.3 is 24.4 Å². The van der Waals surface area contributed by atoms with Crippen molar-refractivity contribution in [2.45, 2.75) is 44.2 Å². The van der Waals surface area contributed by atoms with E-state index in [-0.39, 0.29) is 11.8 Å². The third-order valence-electron chi connectivity index (χ3n) is 8.63. The quantitative estimate of drug-likeness (QED) is 0.498. The van der Waals surface area contributed by atoms with Gasteiger partial charge >= 0.3 is 0 Å². The van der Waals surface area contributed by atoms with Gasteiger partial charge in [0.25, 0.3) is 5.91 Å². The number of benzene rings is 2. The summed E-state index contributed by atoms with van der Waals surface area (Å²) >= 11 is 0. The van der Waals surface area contributed by atoms with Gasteiger partial charge in [0.15, 0.2) is 5.76 Å². The number of furan rings is 1. The van der Waals surface area contributed by atoms with Crippen molar-refractivity contribution in [1.29, 1.82) is 0 Å². The molecule has 0 radical (unpaired) electrons. The highest BCUT2D eigenvalue weighted by molar-refractivity contribution is 5.96. The van der Waals surface area contributed by atoms with E-state index in [1.165, 1.54) is 16.0 Å². The lowest BCUT2D eigenvalue weighted by Crippen LogP contribution is -2.52. The molecule has 0 spiro atoms. The largest absolute Gasteiger partial charge is 0.451 e. The van der Waals surface area contributed by atoms with Crippen LogP contribution in [-0.4, -0.2) is 79.2 Å². The van der Waals surface area contributed by atoms with Gasteiger partial charge in [-0.05, 0) is 84.3 Å². The second-order valence-electron chi connectivity index (χ2n) is 11.3. The molecule has 0 bridgehead atoms. The number of fused-ring (bicyclic) bond motifs is 2. The van der Waals surface area contributed by atoms with Gasteiger partial charge in [-0.1, -0.05) is 30.3 Å². The SMILES string of the molecule is CN(C)C(=O)c1cc2cc(C3=CCCN(C(=O)[C@H]4Cc5c(cccc5C5CCNCC5)CN4C=O)C3)ccc2o1. The predicted octanol–water partition coefficient (Wildman–Crippen LogP) is 3.80. The maximum absolute atomic E-state index is 14.0. The Labute approximate surface area is 234 Å². The number of rotatable bonds is 5. The number of carbonyl (C=O) groups is 3. The second-order valence-corrected chi connectivity index (χ2v) is 11.3. The van der Waals surface area contributed by atoms with E-state index >= 15 is 0 Å². The smallest absolute Gasteiger partial charge is 0.289 e. The van der Waals surface area contributed by atoms with E-state index in [9.17, 15) is 14.4 Å². The highest BCUT2D eigenvalue weighted by Crippen LogP contribution is 2.35. The molecule has 1 aromatic heterocycles. The summed E-state index contributed by atoms with van der Waals surface area (Å²) in [5.41, 5.74) is 6.49. The van der Waals surface area contributed by atoms with Crippen LogP contribution in [0, 0.1) is 0 Å². The minimum Gasteiger partial charge on any atom is -0.451 e. The summed E-state index contributed by atoms with van der Waals surface area (Å²) < 4.78 is 5.76. The number of hydrogen-bond acceptors (Lipinski definition) is 5. The van der Waals surface area contributed by atoms with E-state index in [2.05, 4.69) is 29.6 Å². The van der Waals surface area contributed by atoms with Crippen LogP contribution in [0.25, 0.3) is 16.5 Å². The van der Waals surface area contributed by atoms with Gasteiger partial charge in [0.05, 0.1) is 0 Å². The van der Waals surface area contributed by atoms with Crippen LogP contribution in [0.4, 0.5) is 0 Å². The highest BCUT2D eigenvalue weighted by Gasteiger charge is 2.36. The van der Waals surface area contributed by atoms with Crippen molar-refractivity contribution in [2.24, 2.45) is 0 Å². The molecule has 6 rings (SSSR count). The first kappa shape index (κ1) is 26.3. The van der Waals surface area contributed by atoms with Crippen LogP contribution in [0.3, 0.4) is 0 Å². The topological polar surface area (TPSA) is 86.1 Å². The Morgan fingerprint density at radius 2 is 1.90 bits per heavy atom. The zero-order valence-corrected chi connectivity index (χ0v) is 23.2. The first-order chi connectivity index (χ1) is 19.4. The number of amides is 3. The summed E-state index contributed by atoms with van der Waals surface area (Å²) in [5, 5.41) is 4.30. The van der Waals surface area contributed by atoms with E-state index < -0.39 is 6.04 Å². The molecular weight excluding hydrogens is 504 g/mol. The Morgan fingerprint density at radius 1 is 1.07 bits per heavy atom. The second kappa shape index (κ2) is 10.9. The molecule has 0 saturated carbocycles. The third kappa shape index (κ3) is 4.92. The van der Waals surface area contributed by atoms with Crippen molar-refractivity contribution < 1.29 is 18.8 Å². The van der Waals surface area contributed by atoms with Crippen molar-refractivity contribution in [1.82, 2.24) is 20.0 Å². The Balaban J connectivity index is 1.22. The van der Waals surface area contributed by atoms with Gasteiger partial charge in [0, 0.05) is 45.5 Å². The van der Waals surface area contributed by atoms with Crippen molar-refractivity contribution in [3.8, 4) is 0 Å². The average Bonchev–Trinajstić information content (AvgIpc) is 3.43. The van der Waals surface area contributed by atoms with Crippen molar-refractivity contribution in [2.75, 3.05) is 40.3 Å². The molecule has 1 fully saturated rings. The lowest BCUT2D eigenvalue weighted by atomic mass is 9.81. The van der Waals surface area contributed by atoms with Gasteiger partial charge in [-0.2, -0.15) is 0 Å². The third-order valence-corrected chi connectivity index (χ3v) is 8.63. The van der Waals surface area contributed by atoms with Crippen LogP contribution >= 0.6 is 0 Å². The average molecular weight is 541 g/mol. The Hall–Kier alpha value is -3.91. The molecule has 1 N–H and O–H groups in total. The van der Waals surface area contributed by atoms with Gasteiger partial charge in [-0.3, -0.25) is 14.4 Å². The molecule has 1 atom stereocenters.